The van der Waals surface area contributed by atoms with Gasteiger partial charge in [0, 0.05) is 55.7 Å². The normalized spacial score (nSPS) is 17.6. The number of aryl methyl sites for hydroxylation is 1. The fourth-order valence-corrected chi connectivity index (χ4v) is 3.76. The van der Waals surface area contributed by atoms with Gasteiger partial charge in [-0.1, -0.05) is 0 Å². The van der Waals surface area contributed by atoms with E-state index in [1.807, 2.05) is 6.20 Å². The van der Waals surface area contributed by atoms with Crippen molar-refractivity contribution in [2.45, 2.75) is 20.0 Å². The molecule has 1 aliphatic heterocycles. The number of anilines is 1. The van der Waals surface area contributed by atoms with Crippen LogP contribution in [0.4, 0.5) is 5.13 Å². The highest BCUT2D eigenvalue weighted by molar-refractivity contribution is 7.15. The van der Waals surface area contributed by atoms with Crippen molar-refractivity contribution < 1.29 is 0 Å². The number of piperazine rings is 1. The lowest BCUT2D eigenvalue weighted by molar-refractivity contribution is 0.122. The van der Waals surface area contributed by atoms with E-state index in [9.17, 15) is 0 Å². The molecule has 3 heterocycles. The molecule has 0 amide bonds. The van der Waals surface area contributed by atoms with Crippen LogP contribution < -0.4 is 5.73 Å². The summed E-state index contributed by atoms with van der Waals surface area (Å²) in [5.74, 6) is 0. The lowest BCUT2D eigenvalue weighted by atomic mass is 10.3. The Balaban J connectivity index is 1.47. The summed E-state index contributed by atoms with van der Waals surface area (Å²) in [5.41, 5.74) is 6.87. The number of hydrogen-bond donors (Lipinski definition) is 1. The van der Waals surface area contributed by atoms with Gasteiger partial charge in [0.05, 0.1) is 10.7 Å². The van der Waals surface area contributed by atoms with Crippen LogP contribution in [0.5, 0.6) is 0 Å². The van der Waals surface area contributed by atoms with Crippen molar-refractivity contribution in [1.29, 1.82) is 0 Å². The van der Waals surface area contributed by atoms with E-state index >= 15 is 0 Å². The molecule has 3 rings (SSSR count). The van der Waals surface area contributed by atoms with E-state index in [0.29, 0.717) is 5.13 Å². The van der Waals surface area contributed by atoms with Gasteiger partial charge in [0.15, 0.2) is 5.13 Å². The Morgan fingerprint density at radius 3 is 2.45 bits per heavy atom. The lowest BCUT2D eigenvalue weighted by Crippen LogP contribution is -2.45. The first-order valence-corrected chi connectivity index (χ1v) is 8.44. The van der Waals surface area contributed by atoms with E-state index in [4.69, 9.17) is 5.73 Å². The zero-order valence-corrected chi connectivity index (χ0v) is 13.2. The molecule has 0 spiro atoms. The van der Waals surface area contributed by atoms with Gasteiger partial charge in [-0.15, -0.1) is 22.7 Å². The van der Waals surface area contributed by atoms with Crippen LogP contribution in [-0.4, -0.2) is 45.9 Å². The second kappa shape index (κ2) is 6.17. The molecule has 2 aromatic rings. The van der Waals surface area contributed by atoms with Crippen LogP contribution in [0.1, 0.15) is 15.6 Å². The van der Waals surface area contributed by atoms with E-state index in [1.165, 1.54) is 10.6 Å². The summed E-state index contributed by atoms with van der Waals surface area (Å²) in [6.45, 7) is 8.41. The molecule has 0 aliphatic carbocycles. The van der Waals surface area contributed by atoms with Crippen molar-refractivity contribution in [3.63, 3.8) is 0 Å². The van der Waals surface area contributed by atoms with Crippen molar-refractivity contribution >= 4 is 27.8 Å². The minimum Gasteiger partial charge on any atom is -0.375 e. The third-order valence-electron chi connectivity index (χ3n) is 3.47. The van der Waals surface area contributed by atoms with Gasteiger partial charge in [0.2, 0.25) is 0 Å². The number of nitrogens with zero attached hydrogens (tertiary/aromatic N) is 4. The van der Waals surface area contributed by atoms with Crippen molar-refractivity contribution in [3.05, 3.63) is 27.2 Å². The number of nitrogen functional groups attached to an aromatic ring is 1. The molecule has 0 radical (unpaired) electrons. The number of rotatable bonds is 4. The first-order chi connectivity index (χ1) is 9.69. The maximum absolute atomic E-state index is 5.67. The molecule has 2 N–H and O–H groups in total. The smallest absolute Gasteiger partial charge is 0.180 e. The Kier molecular flexibility index (Phi) is 4.30. The van der Waals surface area contributed by atoms with Crippen LogP contribution in [-0.2, 0) is 13.1 Å². The predicted octanol–water partition coefficient (Wildman–Crippen LogP) is 1.81. The summed E-state index contributed by atoms with van der Waals surface area (Å²) in [6, 6.07) is 0. The van der Waals surface area contributed by atoms with Gasteiger partial charge in [-0.25, -0.2) is 9.97 Å². The molecule has 20 heavy (non-hydrogen) atoms. The van der Waals surface area contributed by atoms with Gasteiger partial charge in [-0.05, 0) is 6.92 Å². The largest absolute Gasteiger partial charge is 0.375 e. The van der Waals surface area contributed by atoms with Crippen molar-refractivity contribution in [1.82, 2.24) is 19.8 Å². The van der Waals surface area contributed by atoms with Crippen LogP contribution >= 0.6 is 22.7 Å². The third kappa shape index (κ3) is 3.54. The molecule has 0 bridgehead atoms. The van der Waals surface area contributed by atoms with E-state index < -0.39 is 0 Å². The molecular weight excluding hydrogens is 290 g/mol. The minimum absolute atomic E-state index is 0.664. The van der Waals surface area contributed by atoms with Gasteiger partial charge in [0.1, 0.15) is 0 Å². The molecule has 0 aromatic carbocycles. The molecule has 1 saturated heterocycles. The van der Waals surface area contributed by atoms with Crippen molar-refractivity contribution in [2.75, 3.05) is 31.9 Å². The number of hydrogen-bond acceptors (Lipinski definition) is 7. The standard InChI is InChI=1S/C13H19N5S2/c1-10-16-11(9-19-10)7-17-2-4-18(5-3-17)8-12-6-15-13(14)20-12/h6,9H,2-5,7-8H2,1H3,(H2,14,15). The second-order valence-corrected chi connectivity index (χ2v) is 7.28. The van der Waals surface area contributed by atoms with Crippen molar-refractivity contribution in [3.8, 4) is 0 Å². The summed E-state index contributed by atoms with van der Waals surface area (Å²) >= 11 is 3.32. The quantitative estimate of drug-likeness (QED) is 0.933. The van der Waals surface area contributed by atoms with E-state index in [2.05, 4.69) is 32.1 Å². The molecule has 0 atom stereocenters. The fourth-order valence-electron chi connectivity index (χ4n) is 2.43. The van der Waals surface area contributed by atoms with Gasteiger partial charge < -0.3 is 5.73 Å². The Morgan fingerprint density at radius 2 is 1.90 bits per heavy atom. The maximum Gasteiger partial charge on any atom is 0.180 e. The summed E-state index contributed by atoms with van der Waals surface area (Å²) in [7, 11) is 0. The molecule has 108 valence electrons. The number of aromatic nitrogens is 2. The number of nitrogens with two attached hydrogens (primary N) is 1. The molecule has 1 aliphatic rings. The van der Waals surface area contributed by atoms with Crippen LogP contribution in [0.3, 0.4) is 0 Å². The SMILES string of the molecule is Cc1nc(CN2CCN(Cc3cnc(N)s3)CC2)cs1. The van der Waals surface area contributed by atoms with Crippen molar-refractivity contribution in [2.24, 2.45) is 0 Å². The average molecular weight is 309 g/mol. The average Bonchev–Trinajstić information content (AvgIpc) is 3.01. The summed E-state index contributed by atoms with van der Waals surface area (Å²) in [5, 5.41) is 3.99. The first kappa shape index (κ1) is 13.9. The lowest BCUT2D eigenvalue weighted by Gasteiger charge is -2.33. The highest BCUT2D eigenvalue weighted by Crippen LogP contribution is 2.18. The molecule has 2 aromatic heterocycles. The Morgan fingerprint density at radius 1 is 1.20 bits per heavy atom. The summed E-state index contributed by atoms with van der Waals surface area (Å²) in [4.78, 5) is 14.8. The van der Waals surface area contributed by atoms with E-state index in [0.717, 1.165) is 44.3 Å². The van der Waals surface area contributed by atoms with Crippen LogP contribution in [0.15, 0.2) is 11.6 Å². The Hall–Kier alpha value is -1.02. The zero-order chi connectivity index (χ0) is 13.9. The van der Waals surface area contributed by atoms with E-state index in [-0.39, 0.29) is 0 Å². The Bertz CT molecular complexity index is 506. The molecule has 0 saturated carbocycles. The van der Waals surface area contributed by atoms with Crippen LogP contribution in [0.25, 0.3) is 0 Å². The van der Waals surface area contributed by atoms with Gasteiger partial charge in [-0.2, -0.15) is 0 Å². The molecular formula is C13H19N5S2. The summed E-state index contributed by atoms with van der Waals surface area (Å²) < 4.78 is 0. The topological polar surface area (TPSA) is 58.3 Å². The van der Waals surface area contributed by atoms with Gasteiger partial charge in [-0.3, -0.25) is 9.80 Å². The van der Waals surface area contributed by atoms with Gasteiger partial charge in [0.25, 0.3) is 0 Å². The predicted molar refractivity (Wildman–Crippen MR) is 83.9 cm³/mol. The number of thiazole rings is 2. The minimum atomic E-state index is 0.664. The van der Waals surface area contributed by atoms with E-state index in [1.54, 1.807) is 22.7 Å². The monoisotopic (exact) mass is 309 g/mol. The van der Waals surface area contributed by atoms with Crippen LogP contribution in [0, 0.1) is 6.92 Å². The second-order valence-electron chi connectivity index (χ2n) is 5.07. The Labute approximate surface area is 127 Å². The zero-order valence-electron chi connectivity index (χ0n) is 11.6. The molecule has 7 heteroatoms. The summed E-state index contributed by atoms with van der Waals surface area (Å²) in [6.07, 6.45) is 1.89. The highest BCUT2D eigenvalue weighted by Gasteiger charge is 2.18. The first-order valence-electron chi connectivity index (χ1n) is 6.75. The highest BCUT2D eigenvalue weighted by atomic mass is 32.1. The molecule has 0 unspecified atom stereocenters. The van der Waals surface area contributed by atoms with Crippen LogP contribution in [0.2, 0.25) is 0 Å². The van der Waals surface area contributed by atoms with Gasteiger partial charge >= 0.3 is 0 Å². The fraction of sp³-hybridized carbons (Fsp3) is 0.538. The maximum atomic E-state index is 5.67. The third-order valence-corrected chi connectivity index (χ3v) is 5.10. The molecule has 5 nitrogen and oxygen atoms in total. The molecule has 1 fully saturated rings.